The molecule has 1 aromatic rings. The van der Waals surface area contributed by atoms with Gasteiger partial charge in [0.2, 0.25) is 0 Å². The number of hydrogen-bond donors (Lipinski definition) is 1. The molecule has 1 unspecified atom stereocenters. The van der Waals surface area contributed by atoms with Crippen molar-refractivity contribution >= 4 is 29.1 Å². The third-order valence-electron chi connectivity index (χ3n) is 2.32. The summed E-state index contributed by atoms with van der Waals surface area (Å²) in [7, 11) is 0. The summed E-state index contributed by atoms with van der Waals surface area (Å²) in [5, 5.41) is 3.04. The first-order chi connectivity index (χ1) is 8.04. The average molecular weight is 278 g/mol. The van der Waals surface area contributed by atoms with Crippen LogP contribution in [-0.4, -0.2) is 17.8 Å². The predicted molar refractivity (Wildman–Crippen MR) is 68.3 cm³/mol. The Morgan fingerprint density at radius 1 is 1.53 bits per heavy atom. The van der Waals surface area contributed by atoms with Gasteiger partial charge in [0.15, 0.2) is 0 Å². The molecule has 1 amide bonds. The van der Waals surface area contributed by atoms with Gasteiger partial charge in [-0.25, -0.2) is 4.39 Å². The summed E-state index contributed by atoms with van der Waals surface area (Å²) in [6.45, 7) is 1.85. The third-order valence-corrected chi connectivity index (χ3v) is 2.82. The molecule has 2 nitrogen and oxygen atoms in total. The van der Waals surface area contributed by atoms with Crippen molar-refractivity contribution < 1.29 is 9.18 Å². The predicted octanol–water partition coefficient (Wildman–Crippen LogP) is 3.62. The van der Waals surface area contributed by atoms with E-state index in [1.54, 1.807) is 0 Å². The number of hydrogen-bond acceptors (Lipinski definition) is 1. The van der Waals surface area contributed by atoms with Gasteiger partial charge >= 0.3 is 0 Å². The molecule has 0 aromatic heterocycles. The van der Waals surface area contributed by atoms with Crippen LogP contribution in [0.2, 0.25) is 5.02 Å². The van der Waals surface area contributed by atoms with Crippen molar-refractivity contribution in [2.45, 2.75) is 25.8 Å². The highest BCUT2D eigenvalue weighted by atomic mass is 35.5. The summed E-state index contributed by atoms with van der Waals surface area (Å²) in [5.74, 6) is -0.477. The summed E-state index contributed by atoms with van der Waals surface area (Å²) >= 11 is 11.3. The molecule has 1 N–H and O–H groups in total. The summed E-state index contributed by atoms with van der Waals surface area (Å²) in [6, 6.07) is 3.87. The van der Waals surface area contributed by atoms with Gasteiger partial charge in [0.1, 0.15) is 5.82 Å². The zero-order chi connectivity index (χ0) is 12.8. The molecule has 0 saturated heterocycles. The van der Waals surface area contributed by atoms with Gasteiger partial charge in [-0.2, -0.15) is 0 Å². The second kappa shape index (κ2) is 6.82. The monoisotopic (exact) mass is 277 g/mol. The van der Waals surface area contributed by atoms with Gasteiger partial charge in [-0.1, -0.05) is 11.6 Å². The van der Waals surface area contributed by atoms with Crippen LogP contribution in [0.3, 0.4) is 0 Å². The standard InChI is InChI=1S/C12H14Cl2FNO/c1-8(3-2-6-13)16-12(17)10-7-9(14)4-5-11(10)15/h4-5,7-8H,2-3,6H2,1H3,(H,16,17). The molecule has 1 atom stereocenters. The van der Waals surface area contributed by atoms with E-state index in [-0.39, 0.29) is 11.6 Å². The van der Waals surface area contributed by atoms with Crippen LogP contribution < -0.4 is 5.32 Å². The first-order valence-corrected chi connectivity index (χ1v) is 6.27. The van der Waals surface area contributed by atoms with E-state index in [2.05, 4.69) is 5.32 Å². The van der Waals surface area contributed by atoms with E-state index in [0.717, 1.165) is 12.8 Å². The second-order valence-corrected chi connectivity index (χ2v) is 4.64. The van der Waals surface area contributed by atoms with Gasteiger partial charge in [-0.3, -0.25) is 4.79 Å². The Labute approximate surface area is 110 Å². The molecule has 0 saturated carbocycles. The highest BCUT2D eigenvalue weighted by molar-refractivity contribution is 6.31. The first-order valence-electron chi connectivity index (χ1n) is 5.36. The molecule has 1 rings (SSSR count). The zero-order valence-electron chi connectivity index (χ0n) is 9.47. The van der Waals surface area contributed by atoms with Crippen molar-refractivity contribution in [2.24, 2.45) is 0 Å². The van der Waals surface area contributed by atoms with E-state index in [4.69, 9.17) is 23.2 Å². The topological polar surface area (TPSA) is 29.1 Å². The number of carbonyl (C=O) groups excluding carboxylic acids is 1. The van der Waals surface area contributed by atoms with Crippen molar-refractivity contribution in [1.29, 1.82) is 0 Å². The summed E-state index contributed by atoms with van der Waals surface area (Å²) in [6.07, 6.45) is 1.57. The lowest BCUT2D eigenvalue weighted by atomic mass is 10.1. The quantitative estimate of drug-likeness (QED) is 0.819. The van der Waals surface area contributed by atoms with Crippen LogP contribution in [0.1, 0.15) is 30.1 Å². The Balaban J connectivity index is 2.66. The zero-order valence-corrected chi connectivity index (χ0v) is 11.0. The molecule has 0 aliphatic heterocycles. The molecule has 0 fully saturated rings. The maximum Gasteiger partial charge on any atom is 0.254 e. The first kappa shape index (κ1) is 14.3. The van der Waals surface area contributed by atoms with Crippen molar-refractivity contribution in [3.05, 3.63) is 34.6 Å². The fourth-order valence-corrected chi connectivity index (χ4v) is 1.75. The number of alkyl halides is 1. The summed E-state index contributed by atoms with van der Waals surface area (Å²) in [4.78, 5) is 11.7. The molecule has 0 aliphatic rings. The highest BCUT2D eigenvalue weighted by Crippen LogP contribution is 2.15. The van der Waals surface area contributed by atoms with E-state index in [1.165, 1.54) is 18.2 Å². The molecular formula is C12H14Cl2FNO. The van der Waals surface area contributed by atoms with Gasteiger partial charge in [0.05, 0.1) is 5.56 Å². The molecule has 5 heteroatoms. The van der Waals surface area contributed by atoms with Crippen molar-refractivity contribution in [3.8, 4) is 0 Å². The lowest BCUT2D eigenvalue weighted by Gasteiger charge is -2.13. The minimum atomic E-state index is -0.573. The van der Waals surface area contributed by atoms with Crippen LogP contribution in [0.5, 0.6) is 0 Å². The smallest absolute Gasteiger partial charge is 0.254 e. The molecule has 17 heavy (non-hydrogen) atoms. The van der Waals surface area contributed by atoms with Crippen molar-refractivity contribution in [1.82, 2.24) is 5.32 Å². The maximum absolute atomic E-state index is 13.4. The normalized spacial score (nSPS) is 12.2. The Kier molecular flexibility index (Phi) is 5.72. The van der Waals surface area contributed by atoms with Crippen molar-refractivity contribution in [3.63, 3.8) is 0 Å². The Hall–Kier alpha value is -0.800. The Bertz CT molecular complexity index is 398. The van der Waals surface area contributed by atoms with E-state index in [1.807, 2.05) is 6.92 Å². The van der Waals surface area contributed by atoms with E-state index in [9.17, 15) is 9.18 Å². The lowest BCUT2D eigenvalue weighted by molar-refractivity contribution is 0.0934. The molecular weight excluding hydrogens is 264 g/mol. The van der Waals surface area contributed by atoms with Crippen LogP contribution >= 0.6 is 23.2 Å². The van der Waals surface area contributed by atoms with Crippen LogP contribution in [0.4, 0.5) is 4.39 Å². The largest absolute Gasteiger partial charge is 0.349 e. The van der Waals surface area contributed by atoms with Crippen LogP contribution in [0, 0.1) is 5.82 Å². The van der Waals surface area contributed by atoms with E-state index < -0.39 is 11.7 Å². The van der Waals surface area contributed by atoms with Crippen molar-refractivity contribution in [2.75, 3.05) is 5.88 Å². The molecule has 0 radical (unpaired) electrons. The SMILES string of the molecule is CC(CCCCl)NC(=O)c1cc(Cl)ccc1F. The fourth-order valence-electron chi connectivity index (χ4n) is 1.43. The summed E-state index contributed by atoms with van der Waals surface area (Å²) < 4.78 is 13.4. The second-order valence-electron chi connectivity index (χ2n) is 3.83. The summed E-state index contributed by atoms with van der Waals surface area (Å²) in [5.41, 5.74) is -0.0322. The molecule has 94 valence electrons. The van der Waals surface area contributed by atoms with Gasteiger partial charge < -0.3 is 5.32 Å². The average Bonchev–Trinajstić information content (AvgIpc) is 2.29. The molecule has 0 spiro atoms. The number of nitrogens with one attached hydrogen (secondary N) is 1. The van der Waals surface area contributed by atoms with E-state index in [0.29, 0.717) is 10.9 Å². The number of amides is 1. The molecule has 0 aliphatic carbocycles. The number of carbonyl (C=O) groups is 1. The lowest BCUT2D eigenvalue weighted by Crippen LogP contribution is -2.33. The third kappa shape index (κ3) is 4.52. The maximum atomic E-state index is 13.4. The molecule has 0 heterocycles. The molecule has 1 aromatic carbocycles. The van der Waals surface area contributed by atoms with Crippen LogP contribution in [0.25, 0.3) is 0 Å². The molecule has 0 bridgehead atoms. The van der Waals surface area contributed by atoms with Gasteiger partial charge in [-0.05, 0) is 38.0 Å². The number of rotatable bonds is 5. The Morgan fingerprint density at radius 3 is 2.88 bits per heavy atom. The fraction of sp³-hybridized carbons (Fsp3) is 0.417. The van der Waals surface area contributed by atoms with Gasteiger partial charge in [0, 0.05) is 16.9 Å². The minimum absolute atomic E-state index is 0.0322. The van der Waals surface area contributed by atoms with Gasteiger partial charge in [0.25, 0.3) is 5.91 Å². The number of halogens is 3. The minimum Gasteiger partial charge on any atom is -0.349 e. The highest BCUT2D eigenvalue weighted by Gasteiger charge is 2.14. The van der Waals surface area contributed by atoms with Crippen LogP contribution in [-0.2, 0) is 0 Å². The van der Waals surface area contributed by atoms with Gasteiger partial charge in [-0.15, -0.1) is 11.6 Å². The van der Waals surface area contributed by atoms with E-state index >= 15 is 0 Å². The Morgan fingerprint density at radius 2 is 2.24 bits per heavy atom. The number of benzene rings is 1. The van der Waals surface area contributed by atoms with Crippen LogP contribution in [0.15, 0.2) is 18.2 Å².